The highest BCUT2D eigenvalue weighted by molar-refractivity contribution is 5.79. The van der Waals surface area contributed by atoms with Crippen molar-refractivity contribution in [3.63, 3.8) is 0 Å². The molecule has 0 bridgehead atoms. The lowest BCUT2D eigenvalue weighted by Crippen LogP contribution is -2.24. The molecule has 6 nitrogen and oxygen atoms in total. The van der Waals surface area contributed by atoms with Crippen LogP contribution >= 0.6 is 0 Å². The SMILES string of the molecule is NC(=O)N/N=C/c1ccc(N)o1. The van der Waals surface area contributed by atoms with Crippen molar-refractivity contribution in [3.8, 4) is 0 Å². The van der Waals surface area contributed by atoms with E-state index < -0.39 is 6.03 Å². The molecule has 12 heavy (non-hydrogen) atoms. The van der Waals surface area contributed by atoms with Crippen LogP contribution in [0.1, 0.15) is 5.76 Å². The van der Waals surface area contributed by atoms with Crippen LogP contribution in [0, 0.1) is 0 Å². The largest absolute Gasteiger partial charge is 0.440 e. The first-order chi connectivity index (χ1) is 5.68. The minimum absolute atomic E-state index is 0.288. The molecular formula is C6H8N4O2. The Kier molecular flexibility index (Phi) is 2.32. The molecule has 1 rings (SSSR count). The number of nitrogens with one attached hydrogen (secondary N) is 1. The van der Waals surface area contributed by atoms with Crippen LogP contribution in [0.5, 0.6) is 0 Å². The van der Waals surface area contributed by atoms with Gasteiger partial charge in [0.2, 0.25) is 0 Å². The van der Waals surface area contributed by atoms with E-state index >= 15 is 0 Å². The first-order valence-corrected chi connectivity index (χ1v) is 3.12. The van der Waals surface area contributed by atoms with Crippen molar-refractivity contribution in [3.05, 3.63) is 17.9 Å². The number of nitrogen functional groups attached to an aromatic ring is 1. The first-order valence-electron chi connectivity index (χ1n) is 3.12. The van der Waals surface area contributed by atoms with Gasteiger partial charge in [-0.15, -0.1) is 0 Å². The molecule has 0 fully saturated rings. The first kappa shape index (κ1) is 8.12. The maximum Gasteiger partial charge on any atom is 0.332 e. The standard InChI is InChI=1S/C6H8N4O2/c7-5-2-1-4(12-5)3-9-10-6(8)11/h1-3H,7H2,(H3,8,10,11)/b9-3+. The molecule has 0 aliphatic rings. The topological polar surface area (TPSA) is 107 Å². The van der Waals surface area contributed by atoms with Crippen molar-refractivity contribution in [2.24, 2.45) is 10.8 Å². The van der Waals surface area contributed by atoms with Gasteiger partial charge in [0.25, 0.3) is 0 Å². The Morgan fingerprint density at radius 3 is 2.92 bits per heavy atom. The number of carbonyl (C=O) groups excluding carboxylic acids is 1. The fourth-order valence-electron chi connectivity index (χ4n) is 0.597. The van der Waals surface area contributed by atoms with E-state index in [0.29, 0.717) is 5.76 Å². The van der Waals surface area contributed by atoms with Crippen LogP contribution in [0.2, 0.25) is 0 Å². The van der Waals surface area contributed by atoms with Crippen molar-refractivity contribution < 1.29 is 9.21 Å². The number of anilines is 1. The molecule has 6 heteroatoms. The van der Waals surface area contributed by atoms with E-state index in [1.54, 1.807) is 12.1 Å². The van der Waals surface area contributed by atoms with E-state index in [4.69, 9.17) is 15.9 Å². The minimum Gasteiger partial charge on any atom is -0.440 e. The number of rotatable bonds is 2. The van der Waals surface area contributed by atoms with Gasteiger partial charge < -0.3 is 15.9 Å². The number of primary amides is 1. The third-order valence-electron chi connectivity index (χ3n) is 1.01. The number of nitrogens with zero attached hydrogens (tertiary/aromatic N) is 1. The summed E-state index contributed by atoms with van der Waals surface area (Å²) in [6, 6.07) is 2.46. The van der Waals surface area contributed by atoms with Crippen molar-refractivity contribution in [2.75, 3.05) is 5.73 Å². The summed E-state index contributed by atoms with van der Waals surface area (Å²) < 4.78 is 4.90. The van der Waals surface area contributed by atoms with Gasteiger partial charge >= 0.3 is 6.03 Å². The van der Waals surface area contributed by atoms with Crippen LogP contribution in [0.3, 0.4) is 0 Å². The quantitative estimate of drug-likeness (QED) is 0.422. The lowest BCUT2D eigenvalue weighted by Gasteiger charge is -1.88. The van der Waals surface area contributed by atoms with Gasteiger partial charge in [-0.2, -0.15) is 5.10 Å². The molecular weight excluding hydrogens is 160 g/mol. The second-order valence-electron chi connectivity index (χ2n) is 1.97. The summed E-state index contributed by atoms with van der Waals surface area (Å²) in [7, 11) is 0. The number of hydrogen-bond donors (Lipinski definition) is 3. The highest BCUT2D eigenvalue weighted by atomic mass is 16.3. The van der Waals surface area contributed by atoms with E-state index in [9.17, 15) is 4.79 Å². The van der Waals surface area contributed by atoms with Crippen molar-refractivity contribution in [1.29, 1.82) is 0 Å². The summed E-state index contributed by atoms with van der Waals surface area (Å²) in [5.74, 6) is 0.733. The maximum atomic E-state index is 10.1. The fourth-order valence-corrected chi connectivity index (χ4v) is 0.597. The highest BCUT2D eigenvalue weighted by Crippen LogP contribution is 2.05. The van der Waals surface area contributed by atoms with Crippen LogP contribution in [0.4, 0.5) is 10.7 Å². The Bertz CT molecular complexity index is 304. The maximum absolute atomic E-state index is 10.1. The molecule has 0 spiro atoms. The van der Waals surface area contributed by atoms with E-state index in [2.05, 4.69) is 5.10 Å². The molecule has 1 heterocycles. The van der Waals surface area contributed by atoms with E-state index in [0.717, 1.165) is 0 Å². The summed E-state index contributed by atoms with van der Waals surface area (Å²) in [5.41, 5.74) is 12.0. The molecule has 0 aliphatic heterocycles. The van der Waals surface area contributed by atoms with Gasteiger partial charge in [-0.05, 0) is 6.07 Å². The number of urea groups is 1. The number of furan rings is 1. The van der Waals surface area contributed by atoms with Gasteiger partial charge in [0, 0.05) is 6.07 Å². The van der Waals surface area contributed by atoms with Crippen LogP contribution in [0.25, 0.3) is 0 Å². The zero-order valence-corrected chi connectivity index (χ0v) is 6.15. The lowest BCUT2D eigenvalue weighted by molar-refractivity contribution is 0.249. The third-order valence-corrected chi connectivity index (χ3v) is 1.01. The molecule has 0 aromatic carbocycles. The monoisotopic (exact) mass is 168 g/mol. The molecule has 0 atom stereocenters. The second kappa shape index (κ2) is 3.42. The molecule has 5 N–H and O–H groups in total. The molecule has 0 saturated carbocycles. The van der Waals surface area contributed by atoms with Gasteiger partial charge in [-0.1, -0.05) is 0 Å². The van der Waals surface area contributed by atoms with Crippen molar-refractivity contribution >= 4 is 18.1 Å². The molecule has 1 aromatic heterocycles. The molecule has 0 saturated heterocycles. The molecule has 0 radical (unpaired) electrons. The zero-order chi connectivity index (χ0) is 8.97. The average Bonchev–Trinajstić information content (AvgIpc) is 2.35. The molecule has 2 amide bonds. The van der Waals surface area contributed by atoms with Crippen LogP contribution < -0.4 is 16.9 Å². The highest BCUT2D eigenvalue weighted by Gasteiger charge is 1.93. The van der Waals surface area contributed by atoms with Gasteiger partial charge in [0.1, 0.15) is 5.76 Å². The van der Waals surface area contributed by atoms with E-state index in [1.807, 2.05) is 5.43 Å². The second-order valence-corrected chi connectivity index (χ2v) is 1.97. The fraction of sp³-hybridized carbons (Fsp3) is 0. The smallest absolute Gasteiger partial charge is 0.332 e. The average molecular weight is 168 g/mol. The normalized spacial score (nSPS) is 10.3. The van der Waals surface area contributed by atoms with Gasteiger partial charge in [-0.25, -0.2) is 10.2 Å². The van der Waals surface area contributed by atoms with Crippen LogP contribution in [-0.2, 0) is 0 Å². The Balaban J connectivity index is 2.52. The van der Waals surface area contributed by atoms with Gasteiger partial charge in [0.15, 0.2) is 5.88 Å². The molecule has 0 unspecified atom stereocenters. The Labute approximate surface area is 68.2 Å². The minimum atomic E-state index is -0.731. The predicted octanol–water partition coefficient (Wildman–Crippen LogP) is -0.136. The Morgan fingerprint density at radius 1 is 1.67 bits per heavy atom. The number of hydrazone groups is 1. The van der Waals surface area contributed by atoms with Crippen molar-refractivity contribution in [2.45, 2.75) is 0 Å². The number of carbonyl (C=O) groups is 1. The van der Waals surface area contributed by atoms with Gasteiger partial charge in [0.05, 0.1) is 6.21 Å². The zero-order valence-electron chi connectivity index (χ0n) is 6.15. The Hall–Kier alpha value is -1.98. The van der Waals surface area contributed by atoms with Crippen molar-refractivity contribution in [1.82, 2.24) is 5.43 Å². The van der Waals surface area contributed by atoms with E-state index in [1.165, 1.54) is 6.21 Å². The predicted molar refractivity (Wildman–Crippen MR) is 43.4 cm³/mol. The summed E-state index contributed by atoms with van der Waals surface area (Å²) >= 11 is 0. The molecule has 0 aliphatic carbocycles. The van der Waals surface area contributed by atoms with Crippen LogP contribution in [0.15, 0.2) is 21.7 Å². The third kappa shape index (κ3) is 2.33. The van der Waals surface area contributed by atoms with Crippen LogP contribution in [-0.4, -0.2) is 12.2 Å². The number of hydrogen-bond acceptors (Lipinski definition) is 4. The summed E-state index contributed by atoms with van der Waals surface area (Å²) in [4.78, 5) is 10.1. The summed E-state index contributed by atoms with van der Waals surface area (Å²) in [6.07, 6.45) is 1.29. The number of amides is 2. The molecule has 1 aromatic rings. The van der Waals surface area contributed by atoms with Gasteiger partial charge in [-0.3, -0.25) is 0 Å². The Morgan fingerprint density at radius 2 is 2.42 bits per heavy atom. The summed E-state index contributed by atoms with van der Waals surface area (Å²) in [5, 5.41) is 3.46. The molecule has 64 valence electrons. The summed E-state index contributed by atoms with van der Waals surface area (Å²) in [6.45, 7) is 0. The van der Waals surface area contributed by atoms with E-state index in [-0.39, 0.29) is 5.88 Å². The lowest BCUT2D eigenvalue weighted by atomic mass is 10.5. The number of nitrogens with two attached hydrogens (primary N) is 2.